The summed E-state index contributed by atoms with van der Waals surface area (Å²) < 4.78 is 0. The van der Waals surface area contributed by atoms with Crippen LogP contribution < -0.4 is 0 Å². The highest BCUT2D eigenvalue weighted by molar-refractivity contribution is 6.07. The lowest BCUT2D eigenvalue weighted by molar-refractivity contribution is 0.112. The summed E-state index contributed by atoms with van der Waals surface area (Å²) in [6.45, 7) is 4.20. The van der Waals surface area contributed by atoms with E-state index in [-0.39, 0.29) is 0 Å². The number of hydrogen-bond acceptors (Lipinski definition) is 2. The number of rotatable bonds is 3. The van der Waals surface area contributed by atoms with Gasteiger partial charge in [0.05, 0.1) is 23.1 Å². The lowest BCUT2D eigenvalue weighted by Gasteiger charge is -2.06. The van der Waals surface area contributed by atoms with Gasteiger partial charge in [0.15, 0.2) is 6.29 Å². The molecule has 4 heteroatoms. The van der Waals surface area contributed by atoms with Crippen LogP contribution in [0.4, 0.5) is 0 Å². The maximum atomic E-state index is 11.4. The van der Waals surface area contributed by atoms with Crippen molar-refractivity contribution in [2.45, 2.75) is 13.8 Å². The smallest absolute Gasteiger partial charge is 0.153 e. The number of fused-ring (bicyclic) bond motifs is 1. The molecule has 4 nitrogen and oxygen atoms in total. The van der Waals surface area contributed by atoms with Gasteiger partial charge in [0.25, 0.3) is 0 Å². The molecule has 4 aromatic rings. The molecule has 0 radical (unpaired) electrons. The molecule has 4 rings (SSSR count). The Balaban J connectivity index is 2.16. The van der Waals surface area contributed by atoms with Gasteiger partial charge >= 0.3 is 0 Å². The maximum absolute atomic E-state index is 11.4. The van der Waals surface area contributed by atoms with Crippen molar-refractivity contribution in [3.05, 3.63) is 65.4 Å². The van der Waals surface area contributed by atoms with Gasteiger partial charge in [-0.1, -0.05) is 42.5 Å². The molecule has 24 heavy (non-hydrogen) atoms. The number of hydrogen-bond donors (Lipinski definition) is 2. The number of nitrogens with one attached hydrogen (secondary N) is 2. The highest BCUT2D eigenvalue weighted by Crippen LogP contribution is 2.40. The zero-order valence-corrected chi connectivity index (χ0v) is 13.6. The van der Waals surface area contributed by atoms with E-state index in [2.05, 4.69) is 53.3 Å². The minimum Gasteiger partial charge on any atom is -0.353 e. The number of carbonyl (C=O) groups is 1. The number of aryl methyl sites for hydroxylation is 2. The minimum atomic E-state index is 0.550. The van der Waals surface area contributed by atoms with E-state index in [4.69, 9.17) is 0 Å². The van der Waals surface area contributed by atoms with Gasteiger partial charge < -0.3 is 4.98 Å². The molecule has 2 aromatic heterocycles. The Morgan fingerprint density at radius 1 is 0.958 bits per heavy atom. The van der Waals surface area contributed by atoms with Crippen molar-refractivity contribution in [2.75, 3.05) is 0 Å². The molecule has 0 unspecified atom stereocenters. The SMILES string of the molecule is Cc1ccc(C)c2c(-c3ccccc3)c(-c3[nH]ncc3C=O)[nH]c12. The third kappa shape index (κ3) is 2.07. The first kappa shape index (κ1) is 14.5. The lowest BCUT2D eigenvalue weighted by Crippen LogP contribution is -1.88. The van der Waals surface area contributed by atoms with Crippen molar-refractivity contribution in [3.8, 4) is 22.5 Å². The summed E-state index contributed by atoms with van der Waals surface area (Å²) in [4.78, 5) is 14.9. The summed E-state index contributed by atoms with van der Waals surface area (Å²) in [6, 6.07) is 14.5. The third-order valence-corrected chi connectivity index (χ3v) is 4.48. The van der Waals surface area contributed by atoms with E-state index in [1.54, 1.807) is 6.20 Å². The Morgan fingerprint density at radius 2 is 1.71 bits per heavy atom. The molecule has 0 spiro atoms. The van der Waals surface area contributed by atoms with Crippen LogP contribution in [-0.2, 0) is 0 Å². The van der Waals surface area contributed by atoms with E-state index >= 15 is 0 Å². The van der Waals surface area contributed by atoms with E-state index in [9.17, 15) is 4.79 Å². The van der Waals surface area contributed by atoms with Crippen LogP contribution in [0.3, 0.4) is 0 Å². The van der Waals surface area contributed by atoms with Crippen LogP contribution in [0.15, 0.2) is 48.7 Å². The maximum Gasteiger partial charge on any atom is 0.153 e. The molecule has 0 amide bonds. The fraction of sp³-hybridized carbons (Fsp3) is 0.100. The molecule has 0 bridgehead atoms. The Morgan fingerprint density at radius 3 is 2.46 bits per heavy atom. The number of aromatic amines is 2. The molecule has 0 aliphatic carbocycles. The van der Waals surface area contributed by atoms with Crippen LogP contribution in [0.1, 0.15) is 21.5 Å². The van der Waals surface area contributed by atoms with Gasteiger partial charge in [0.2, 0.25) is 0 Å². The van der Waals surface area contributed by atoms with Crippen molar-refractivity contribution >= 4 is 17.2 Å². The van der Waals surface area contributed by atoms with Crippen molar-refractivity contribution in [2.24, 2.45) is 0 Å². The third-order valence-electron chi connectivity index (χ3n) is 4.48. The number of benzene rings is 2. The van der Waals surface area contributed by atoms with Gasteiger partial charge in [-0.3, -0.25) is 9.89 Å². The minimum absolute atomic E-state index is 0.550. The van der Waals surface area contributed by atoms with Gasteiger partial charge in [-0.15, -0.1) is 0 Å². The van der Waals surface area contributed by atoms with Crippen molar-refractivity contribution in [1.82, 2.24) is 15.2 Å². The van der Waals surface area contributed by atoms with Crippen molar-refractivity contribution in [1.29, 1.82) is 0 Å². The van der Waals surface area contributed by atoms with E-state index in [1.807, 2.05) is 18.2 Å². The second-order valence-electron chi connectivity index (χ2n) is 6.01. The van der Waals surface area contributed by atoms with Crippen LogP contribution in [0.5, 0.6) is 0 Å². The summed E-state index contributed by atoms with van der Waals surface area (Å²) in [7, 11) is 0. The van der Waals surface area contributed by atoms with Gasteiger partial charge in [0.1, 0.15) is 0 Å². The molecular formula is C20H17N3O. The molecule has 0 aliphatic heterocycles. The second kappa shape index (κ2) is 5.49. The lowest BCUT2D eigenvalue weighted by atomic mass is 9.96. The molecule has 0 saturated carbocycles. The van der Waals surface area contributed by atoms with E-state index in [0.29, 0.717) is 5.56 Å². The molecule has 2 N–H and O–H groups in total. The quantitative estimate of drug-likeness (QED) is 0.540. The molecular weight excluding hydrogens is 298 g/mol. The normalized spacial score (nSPS) is 11.1. The van der Waals surface area contributed by atoms with Crippen molar-refractivity contribution < 1.29 is 4.79 Å². The Labute approximate surface area is 139 Å². The monoisotopic (exact) mass is 315 g/mol. The van der Waals surface area contributed by atoms with Crippen LogP contribution >= 0.6 is 0 Å². The zero-order chi connectivity index (χ0) is 16.7. The van der Waals surface area contributed by atoms with Crippen LogP contribution in [0.25, 0.3) is 33.4 Å². The Hall–Kier alpha value is -3.14. The highest BCUT2D eigenvalue weighted by atomic mass is 16.1. The predicted molar refractivity (Wildman–Crippen MR) is 96.2 cm³/mol. The topological polar surface area (TPSA) is 61.5 Å². The number of H-pyrrole nitrogens is 2. The van der Waals surface area contributed by atoms with E-state index < -0.39 is 0 Å². The molecule has 0 saturated heterocycles. The first-order chi connectivity index (χ1) is 11.7. The first-order valence-corrected chi connectivity index (χ1v) is 7.87. The molecule has 2 aromatic carbocycles. The van der Waals surface area contributed by atoms with Gasteiger partial charge in [-0.2, -0.15) is 5.10 Å². The largest absolute Gasteiger partial charge is 0.353 e. The average molecular weight is 315 g/mol. The van der Waals surface area contributed by atoms with Crippen LogP contribution in [0.2, 0.25) is 0 Å². The molecule has 0 aliphatic rings. The van der Waals surface area contributed by atoms with Crippen LogP contribution in [0, 0.1) is 13.8 Å². The van der Waals surface area contributed by atoms with Gasteiger partial charge in [0, 0.05) is 16.5 Å². The zero-order valence-electron chi connectivity index (χ0n) is 13.6. The molecule has 0 atom stereocenters. The Kier molecular flexibility index (Phi) is 3.31. The Bertz CT molecular complexity index is 1040. The summed E-state index contributed by atoms with van der Waals surface area (Å²) in [5.74, 6) is 0. The van der Waals surface area contributed by atoms with Crippen molar-refractivity contribution in [3.63, 3.8) is 0 Å². The summed E-state index contributed by atoms with van der Waals surface area (Å²) in [6.07, 6.45) is 2.39. The average Bonchev–Trinajstić information content (AvgIpc) is 3.23. The van der Waals surface area contributed by atoms with E-state index in [1.165, 1.54) is 16.5 Å². The highest BCUT2D eigenvalue weighted by Gasteiger charge is 2.20. The van der Waals surface area contributed by atoms with Gasteiger partial charge in [-0.05, 0) is 30.5 Å². The molecule has 2 heterocycles. The standard InChI is InChI=1S/C20H17N3O/c1-12-8-9-13(2)18-16(12)17(14-6-4-3-5-7-14)20(22-18)19-15(11-24)10-21-23-19/h3-11,22H,1-2H3,(H,21,23). The summed E-state index contributed by atoms with van der Waals surface area (Å²) >= 11 is 0. The van der Waals surface area contributed by atoms with Gasteiger partial charge in [-0.25, -0.2) is 0 Å². The first-order valence-electron chi connectivity index (χ1n) is 7.87. The number of aldehydes is 1. The fourth-order valence-electron chi connectivity index (χ4n) is 3.27. The molecule has 118 valence electrons. The molecule has 0 fully saturated rings. The number of nitrogens with zero attached hydrogens (tertiary/aromatic N) is 1. The number of aromatic nitrogens is 3. The summed E-state index contributed by atoms with van der Waals surface area (Å²) in [5.41, 5.74) is 7.84. The summed E-state index contributed by atoms with van der Waals surface area (Å²) in [5, 5.41) is 8.20. The number of carbonyl (C=O) groups excluding carboxylic acids is 1. The second-order valence-corrected chi connectivity index (χ2v) is 6.01. The van der Waals surface area contributed by atoms with E-state index in [0.717, 1.165) is 34.3 Å². The van der Waals surface area contributed by atoms with Crippen LogP contribution in [-0.4, -0.2) is 21.5 Å². The predicted octanol–water partition coefficient (Wildman–Crippen LogP) is 4.65. The fourth-order valence-corrected chi connectivity index (χ4v) is 3.27.